The fraction of sp³-hybridized carbons (Fsp3) is 0.370. The standard InChI is InChI=1S/C27H32N6O5/c1-5-38-25(34)17-33-24(29-30-31-33)16-32(12-11-19-9-10-22(36-3)23(13-19)37-4)15-21-14-20-8-6-7-18(2)26(20)28-27(21)35/h6-10,13-14H,5,11-12,15-17H2,1-4H3,(H,28,35). The van der Waals surface area contributed by atoms with Crippen molar-refractivity contribution in [1.82, 2.24) is 30.1 Å². The highest BCUT2D eigenvalue weighted by Crippen LogP contribution is 2.28. The Kier molecular flexibility index (Phi) is 8.70. The van der Waals surface area contributed by atoms with E-state index >= 15 is 0 Å². The Balaban J connectivity index is 1.60. The SMILES string of the molecule is CCOC(=O)Cn1nnnc1CN(CCc1ccc(OC)c(OC)c1)Cc1cc2cccc(C)c2[nH]c1=O. The largest absolute Gasteiger partial charge is 0.493 e. The molecule has 0 fully saturated rings. The summed E-state index contributed by atoms with van der Waals surface area (Å²) in [5.41, 5.74) is 3.36. The number of carbonyl (C=O) groups excluding carboxylic acids is 1. The van der Waals surface area contributed by atoms with Gasteiger partial charge in [-0.2, -0.15) is 0 Å². The van der Waals surface area contributed by atoms with E-state index in [4.69, 9.17) is 14.2 Å². The van der Waals surface area contributed by atoms with Crippen molar-refractivity contribution in [2.45, 2.75) is 39.9 Å². The summed E-state index contributed by atoms with van der Waals surface area (Å²) >= 11 is 0. The smallest absolute Gasteiger partial charge is 0.327 e. The number of esters is 1. The van der Waals surface area contributed by atoms with E-state index in [1.807, 2.05) is 49.4 Å². The first-order valence-electron chi connectivity index (χ1n) is 12.4. The molecule has 11 nitrogen and oxygen atoms in total. The van der Waals surface area contributed by atoms with Gasteiger partial charge >= 0.3 is 5.97 Å². The van der Waals surface area contributed by atoms with Gasteiger partial charge in [-0.3, -0.25) is 14.5 Å². The van der Waals surface area contributed by atoms with E-state index in [-0.39, 0.29) is 18.7 Å². The summed E-state index contributed by atoms with van der Waals surface area (Å²) in [6.45, 7) is 5.18. The van der Waals surface area contributed by atoms with E-state index in [1.54, 1.807) is 21.1 Å². The highest BCUT2D eigenvalue weighted by molar-refractivity contribution is 5.81. The second kappa shape index (κ2) is 12.3. The van der Waals surface area contributed by atoms with E-state index in [1.165, 1.54) is 4.68 Å². The van der Waals surface area contributed by atoms with Crippen LogP contribution in [-0.4, -0.2) is 63.4 Å². The molecule has 0 atom stereocenters. The molecule has 0 aliphatic carbocycles. The van der Waals surface area contributed by atoms with E-state index in [0.717, 1.165) is 22.0 Å². The molecule has 0 amide bonds. The van der Waals surface area contributed by atoms with Crippen LogP contribution in [0, 0.1) is 6.92 Å². The van der Waals surface area contributed by atoms with Crippen LogP contribution in [0.5, 0.6) is 11.5 Å². The van der Waals surface area contributed by atoms with Crippen LogP contribution in [0.4, 0.5) is 0 Å². The molecular weight excluding hydrogens is 488 g/mol. The molecule has 200 valence electrons. The van der Waals surface area contributed by atoms with Gasteiger partial charge in [0.1, 0.15) is 6.54 Å². The number of fused-ring (bicyclic) bond motifs is 1. The number of benzene rings is 2. The van der Waals surface area contributed by atoms with Gasteiger partial charge in [0, 0.05) is 18.7 Å². The van der Waals surface area contributed by atoms with Crippen LogP contribution in [0.2, 0.25) is 0 Å². The first-order chi connectivity index (χ1) is 18.4. The molecule has 0 aliphatic heterocycles. The number of aromatic nitrogens is 5. The Hall–Kier alpha value is -4.25. The van der Waals surface area contributed by atoms with Crippen LogP contribution in [0.15, 0.2) is 47.3 Å². The van der Waals surface area contributed by atoms with Gasteiger partial charge in [-0.15, -0.1) is 5.10 Å². The third-order valence-electron chi connectivity index (χ3n) is 6.28. The number of nitrogens with one attached hydrogen (secondary N) is 1. The van der Waals surface area contributed by atoms with Gasteiger partial charge in [-0.25, -0.2) is 4.68 Å². The molecule has 0 aliphatic rings. The number of H-pyrrole nitrogens is 1. The zero-order valence-electron chi connectivity index (χ0n) is 22.1. The minimum atomic E-state index is -0.417. The van der Waals surface area contributed by atoms with E-state index in [9.17, 15) is 9.59 Å². The minimum absolute atomic E-state index is 0.0878. The molecule has 11 heteroatoms. The molecule has 38 heavy (non-hydrogen) atoms. The van der Waals surface area contributed by atoms with Crippen molar-refractivity contribution in [3.8, 4) is 11.5 Å². The lowest BCUT2D eigenvalue weighted by atomic mass is 10.1. The number of aryl methyl sites for hydroxylation is 1. The van der Waals surface area contributed by atoms with Crippen molar-refractivity contribution in [2.75, 3.05) is 27.4 Å². The Labute approximate surface area is 220 Å². The molecule has 2 aromatic heterocycles. The number of hydrogen-bond donors (Lipinski definition) is 1. The summed E-state index contributed by atoms with van der Waals surface area (Å²) < 4.78 is 17.3. The first-order valence-corrected chi connectivity index (χ1v) is 12.4. The molecule has 4 aromatic rings. The maximum Gasteiger partial charge on any atom is 0.327 e. The third-order valence-corrected chi connectivity index (χ3v) is 6.28. The molecule has 0 spiro atoms. The van der Waals surface area contributed by atoms with Crippen LogP contribution in [0.3, 0.4) is 0 Å². The fourth-order valence-corrected chi connectivity index (χ4v) is 4.31. The Morgan fingerprint density at radius 2 is 1.89 bits per heavy atom. The van der Waals surface area contributed by atoms with Crippen molar-refractivity contribution in [3.63, 3.8) is 0 Å². The zero-order valence-corrected chi connectivity index (χ0v) is 22.1. The van der Waals surface area contributed by atoms with E-state index in [2.05, 4.69) is 25.4 Å². The molecular formula is C27H32N6O5. The highest BCUT2D eigenvalue weighted by atomic mass is 16.5. The molecule has 1 N–H and O–H groups in total. The van der Waals surface area contributed by atoms with Gasteiger partial charge in [0.15, 0.2) is 17.3 Å². The first kappa shape index (κ1) is 26.8. The highest BCUT2D eigenvalue weighted by Gasteiger charge is 2.18. The monoisotopic (exact) mass is 520 g/mol. The van der Waals surface area contributed by atoms with Crippen molar-refractivity contribution in [1.29, 1.82) is 0 Å². The van der Waals surface area contributed by atoms with Crippen LogP contribution >= 0.6 is 0 Å². The van der Waals surface area contributed by atoms with Crippen molar-refractivity contribution >= 4 is 16.9 Å². The van der Waals surface area contributed by atoms with Crippen LogP contribution in [0.25, 0.3) is 10.9 Å². The molecule has 0 saturated heterocycles. The van der Waals surface area contributed by atoms with Gasteiger partial charge in [0.05, 0.1) is 32.9 Å². The van der Waals surface area contributed by atoms with E-state index < -0.39 is 5.97 Å². The fourth-order valence-electron chi connectivity index (χ4n) is 4.31. The lowest BCUT2D eigenvalue weighted by Crippen LogP contribution is -2.30. The second-order valence-corrected chi connectivity index (χ2v) is 8.87. The van der Waals surface area contributed by atoms with E-state index in [0.29, 0.717) is 48.9 Å². The number of ether oxygens (including phenoxy) is 3. The topological polar surface area (TPSA) is 124 Å². The van der Waals surface area contributed by atoms with Crippen molar-refractivity contribution < 1.29 is 19.0 Å². The number of carbonyl (C=O) groups is 1. The number of tetrazole rings is 1. The van der Waals surface area contributed by atoms with Gasteiger partial charge in [-0.1, -0.05) is 24.3 Å². The summed E-state index contributed by atoms with van der Waals surface area (Å²) in [6, 6.07) is 13.6. The number of methoxy groups -OCH3 is 2. The molecule has 4 rings (SSSR count). The predicted octanol–water partition coefficient (Wildman–Crippen LogP) is 2.65. The number of nitrogens with zero attached hydrogens (tertiary/aromatic N) is 5. The predicted molar refractivity (Wildman–Crippen MR) is 141 cm³/mol. The lowest BCUT2D eigenvalue weighted by Gasteiger charge is -2.22. The minimum Gasteiger partial charge on any atom is -0.493 e. The van der Waals surface area contributed by atoms with Crippen molar-refractivity contribution in [3.05, 3.63) is 75.3 Å². The normalized spacial score (nSPS) is 11.2. The number of para-hydroxylation sites is 1. The molecule has 0 unspecified atom stereocenters. The average Bonchev–Trinajstić information content (AvgIpc) is 3.34. The van der Waals surface area contributed by atoms with Gasteiger partial charge in [0.2, 0.25) is 0 Å². The summed E-state index contributed by atoms with van der Waals surface area (Å²) in [4.78, 5) is 30.2. The summed E-state index contributed by atoms with van der Waals surface area (Å²) in [6.07, 6.45) is 0.671. The maximum absolute atomic E-state index is 13.0. The lowest BCUT2D eigenvalue weighted by molar-refractivity contribution is -0.144. The summed E-state index contributed by atoms with van der Waals surface area (Å²) in [5.74, 6) is 1.39. The van der Waals surface area contributed by atoms with Crippen LogP contribution < -0.4 is 15.0 Å². The summed E-state index contributed by atoms with van der Waals surface area (Å²) in [5, 5.41) is 12.8. The quantitative estimate of drug-likeness (QED) is 0.281. The van der Waals surface area contributed by atoms with Crippen LogP contribution in [-0.2, 0) is 35.6 Å². The second-order valence-electron chi connectivity index (χ2n) is 8.87. The Bertz CT molecular complexity index is 1460. The molecule has 0 radical (unpaired) electrons. The number of rotatable bonds is 12. The summed E-state index contributed by atoms with van der Waals surface area (Å²) in [7, 11) is 3.20. The molecule has 2 heterocycles. The maximum atomic E-state index is 13.0. The molecule has 0 saturated carbocycles. The van der Waals surface area contributed by atoms with Gasteiger partial charge in [-0.05, 0) is 65.4 Å². The Morgan fingerprint density at radius 1 is 1.08 bits per heavy atom. The number of aromatic amines is 1. The number of hydrogen-bond acceptors (Lipinski definition) is 9. The van der Waals surface area contributed by atoms with Gasteiger partial charge < -0.3 is 19.2 Å². The molecule has 2 aromatic carbocycles. The Morgan fingerprint density at radius 3 is 2.66 bits per heavy atom. The average molecular weight is 521 g/mol. The number of pyridine rings is 1. The van der Waals surface area contributed by atoms with Crippen LogP contribution in [0.1, 0.15) is 29.4 Å². The van der Waals surface area contributed by atoms with Gasteiger partial charge in [0.25, 0.3) is 5.56 Å². The van der Waals surface area contributed by atoms with Crippen molar-refractivity contribution in [2.24, 2.45) is 0 Å². The third kappa shape index (κ3) is 6.35. The zero-order chi connectivity index (χ0) is 27.1. The molecule has 0 bridgehead atoms.